The van der Waals surface area contributed by atoms with Crippen LogP contribution >= 0.6 is 0 Å². The van der Waals surface area contributed by atoms with Crippen molar-refractivity contribution in [3.05, 3.63) is 41.6 Å². The van der Waals surface area contributed by atoms with Gasteiger partial charge >= 0.3 is 0 Å². The van der Waals surface area contributed by atoms with Crippen LogP contribution in [0.25, 0.3) is 11.4 Å². The van der Waals surface area contributed by atoms with Gasteiger partial charge in [-0.15, -0.1) is 10.2 Å². The van der Waals surface area contributed by atoms with E-state index in [1.807, 2.05) is 31.2 Å². The Labute approximate surface area is 126 Å². The molecule has 0 aliphatic carbocycles. The Hall–Kier alpha value is -3.03. The molecule has 8 nitrogen and oxygen atoms in total. The van der Waals surface area contributed by atoms with Crippen LogP contribution in [0, 0.1) is 13.8 Å². The SMILES string of the molecule is Cc1ccc(-c2nnn(CC(=O)Nc3cc(C)no3)n2)cc1. The van der Waals surface area contributed by atoms with Crippen molar-refractivity contribution in [2.75, 3.05) is 5.32 Å². The lowest BCUT2D eigenvalue weighted by Crippen LogP contribution is -2.20. The van der Waals surface area contributed by atoms with Gasteiger partial charge < -0.3 is 4.52 Å². The number of hydrogen-bond donors (Lipinski definition) is 1. The highest BCUT2D eigenvalue weighted by molar-refractivity contribution is 5.89. The van der Waals surface area contributed by atoms with Crippen molar-refractivity contribution in [3.8, 4) is 11.4 Å². The number of benzene rings is 1. The van der Waals surface area contributed by atoms with Crippen LogP contribution in [0.2, 0.25) is 0 Å². The molecule has 0 fully saturated rings. The number of aryl methyl sites for hydroxylation is 2. The summed E-state index contributed by atoms with van der Waals surface area (Å²) in [5.74, 6) is 0.452. The van der Waals surface area contributed by atoms with Crippen LogP contribution in [0.1, 0.15) is 11.3 Å². The summed E-state index contributed by atoms with van der Waals surface area (Å²) in [6, 6.07) is 9.39. The molecule has 0 atom stereocenters. The predicted molar refractivity (Wildman–Crippen MR) is 77.9 cm³/mol. The van der Waals surface area contributed by atoms with Crippen LogP contribution in [0.5, 0.6) is 0 Å². The van der Waals surface area contributed by atoms with Crippen molar-refractivity contribution in [3.63, 3.8) is 0 Å². The average Bonchev–Trinajstić information content (AvgIpc) is 3.09. The summed E-state index contributed by atoms with van der Waals surface area (Å²) >= 11 is 0. The van der Waals surface area contributed by atoms with Gasteiger partial charge in [0.25, 0.3) is 0 Å². The Balaban J connectivity index is 1.66. The van der Waals surface area contributed by atoms with Gasteiger partial charge in [-0.3, -0.25) is 10.1 Å². The molecule has 0 spiro atoms. The largest absolute Gasteiger partial charge is 0.338 e. The molecule has 2 heterocycles. The van der Waals surface area contributed by atoms with Gasteiger partial charge in [0.2, 0.25) is 17.6 Å². The van der Waals surface area contributed by atoms with E-state index in [0.717, 1.165) is 11.1 Å². The molecule has 0 radical (unpaired) electrons. The summed E-state index contributed by atoms with van der Waals surface area (Å²) in [6.07, 6.45) is 0. The number of rotatable bonds is 4. The second-order valence-electron chi connectivity index (χ2n) is 4.89. The molecular formula is C14H14N6O2. The zero-order chi connectivity index (χ0) is 15.5. The van der Waals surface area contributed by atoms with Crippen LogP contribution < -0.4 is 5.32 Å². The first kappa shape index (κ1) is 13.9. The van der Waals surface area contributed by atoms with Crippen LogP contribution in [0.3, 0.4) is 0 Å². The number of aromatic nitrogens is 5. The first-order valence-electron chi connectivity index (χ1n) is 6.68. The van der Waals surface area contributed by atoms with Crippen molar-refractivity contribution in [1.29, 1.82) is 0 Å². The Bertz CT molecular complexity index is 790. The number of nitrogens with one attached hydrogen (secondary N) is 1. The number of nitrogens with zero attached hydrogens (tertiary/aromatic N) is 5. The first-order valence-corrected chi connectivity index (χ1v) is 6.68. The second-order valence-corrected chi connectivity index (χ2v) is 4.89. The van der Waals surface area contributed by atoms with Gasteiger partial charge in [-0.2, -0.15) is 4.80 Å². The predicted octanol–water partition coefficient (Wildman–Crippen LogP) is 1.58. The molecule has 0 aliphatic rings. The molecule has 0 saturated heterocycles. The molecule has 0 saturated carbocycles. The van der Waals surface area contributed by atoms with Crippen LogP contribution in [-0.2, 0) is 11.3 Å². The molecule has 3 aromatic rings. The summed E-state index contributed by atoms with van der Waals surface area (Å²) in [4.78, 5) is 13.1. The third-order valence-electron chi connectivity index (χ3n) is 2.94. The Morgan fingerprint density at radius 1 is 1.27 bits per heavy atom. The molecule has 1 aromatic carbocycles. The lowest BCUT2D eigenvalue weighted by Gasteiger charge is -1.99. The Morgan fingerprint density at radius 2 is 2.05 bits per heavy atom. The van der Waals surface area contributed by atoms with Gasteiger partial charge in [0.15, 0.2) is 0 Å². The van der Waals surface area contributed by atoms with E-state index in [4.69, 9.17) is 4.52 Å². The average molecular weight is 298 g/mol. The van der Waals surface area contributed by atoms with Crippen LogP contribution in [0.4, 0.5) is 5.88 Å². The number of anilines is 1. The molecule has 0 aliphatic heterocycles. The molecular weight excluding hydrogens is 284 g/mol. The summed E-state index contributed by atoms with van der Waals surface area (Å²) in [7, 11) is 0. The molecule has 8 heteroatoms. The maximum absolute atomic E-state index is 11.9. The zero-order valence-corrected chi connectivity index (χ0v) is 12.1. The number of carbonyl (C=O) groups excluding carboxylic acids is 1. The van der Waals surface area contributed by atoms with Gasteiger partial charge in [0.05, 0.1) is 5.69 Å². The van der Waals surface area contributed by atoms with E-state index in [2.05, 4.69) is 25.9 Å². The Morgan fingerprint density at radius 3 is 2.73 bits per heavy atom. The van der Waals surface area contributed by atoms with Gasteiger partial charge in [0, 0.05) is 11.6 Å². The zero-order valence-electron chi connectivity index (χ0n) is 12.1. The standard InChI is InChI=1S/C14H14N6O2/c1-9-3-5-11(6-4-9)14-16-19-20(17-14)8-12(21)15-13-7-10(2)18-22-13/h3-7H,8H2,1-2H3,(H,15,21). The second kappa shape index (κ2) is 5.76. The third-order valence-corrected chi connectivity index (χ3v) is 2.94. The number of hydrogen-bond acceptors (Lipinski definition) is 6. The fourth-order valence-electron chi connectivity index (χ4n) is 1.86. The highest BCUT2D eigenvalue weighted by atomic mass is 16.5. The van der Waals surface area contributed by atoms with Gasteiger partial charge in [-0.1, -0.05) is 35.0 Å². The monoisotopic (exact) mass is 298 g/mol. The van der Waals surface area contributed by atoms with E-state index < -0.39 is 0 Å². The van der Waals surface area contributed by atoms with E-state index in [1.165, 1.54) is 4.80 Å². The van der Waals surface area contributed by atoms with Crippen molar-refractivity contribution in [1.82, 2.24) is 25.4 Å². The topological polar surface area (TPSA) is 98.7 Å². The smallest absolute Gasteiger partial charge is 0.250 e. The number of amides is 1. The number of carbonyl (C=O) groups is 1. The van der Waals surface area contributed by atoms with Crippen LogP contribution in [-0.4, -0.2) is 31.3 Å². The van der Waals surface area contributed by atoms with Gasteiger partial charge in [-0.25, -0.2) is 0 Å². The minimum atomic E-state index is -0.316. The van der Waals surface area contributed by atoms with E-state index >= 15 is 0 Å². The summed E-state index contributed by atoms with van der Waals surface area (Å²) in [5.41, 5.74) is 2.69. The quantitative estimate of drug-likeness (QED) is 0.785. The molecule has 2 aromatic heterocycles. The maximum Gasteiger partial charge on any atom is 0.250 e. The maximum atomic E-state index is 11.9. The van der Waals surface area contributed by atoms with Crippen molar-refractivity contribution in [2.45, 2.75) is 20.4 Å². The van der Waals surface area contributed by atoms with E-state index in [0.29, 0.717) is 17.4 Å². The fourth-order valence-corrected chi connectivity index (χ4v) is 1.86. The third kappa shape index (κ3) is 3.17. The lowest BCUT2D eigenvalue weighted by molar-refractivity contribution is -0.117. The summed E-state index contributed by atoms with van der Waals surface area (Å²) < 4.78 is 4.91. The molecule has 0 unspecified atom stereocenters. The minimum absolute atomic E-state index is 0.0569. The summed E-state index contributed by atoms with van der Waals surface area (Å²) in [5, 5.41) is 18.3. The van der Waals surface area contributed by atoms with Gasteiger partial charge in [-0.05, 0) is 19.1 Å². The van der Waals surface area contributed by atoms with Crippen LogP contribution in [0.15, 0.2) is 34.9 Å². The Kier molecular flexibility index (Phi) is 3.65. The van der Waals surface area contributed by atoms with Crippen molar-refractivity contribution >= 4 is 11.8 Å². The fraction of sp³-hybridized carbons (Fsp3) is 0.214. The van der Waals surface area contributed by atoms with E-state index in [9.17, 15) is 4.79 Å². The van der Waals surface area contributed by atoms with Crippen molar-refractivity contribution in [2.24, 2.45) is 0 Å². The van der Waals surface area contributed by atoms with E-state index in [-0.39, 0.29) is 12.5 Å². The molecule has 22 heavy (non-hydrogen) atoms. The van der Waals surface area contributed by atoms with Crippen molar-refractivity contribution < 1.29 is 9.32 Å². The summed E-state index contributed by atoms with van der Waals surface area (Å²) in [6.45, 7) is 3.72. The highest BCUT2D eigenvalue weighted by Gasteiger charge is 2.11. The minimum Gasteiger partial charge on any atom is -0.338 e. The lowest BCUT2D eigenvalue weighted by atomic mass is 10.1. The molecule has 112 valence electrons. The molecule has 0 bridgehead atoms. The molecule has 3 rings (SSSR count). The number of tetrazole rings is 1. The molecule has 1 N–H and O–H groups in total. The first-order chi connectivity index (χ1) is 10.6. The normalized spacial score (nSPS) is 10.6. The highest BCUT2D eigenvalue weighted by Crippen LogP contribution is 2.14. The van der Waals surface area contributed by atoms with E-state index in [1.54, 1.807) is 13.0 Å². The molecule has 1 amide bonds. The van der Waals surface area contributed by atoms with Gasteiger partial charge in [0.1, 0.15) is 6.54 Å².